The van der Waals surface area contributed by atoms with Gasteiger partial charge in [-0.15, -0.1) is 0 Å². The summed E-state index contributed by atoms with van der Waals surface area (Å²) in [4.78, 5) is 63.2. The van der Waals surface area contributed by atoms with E-state index in [2.05, 4.69) is 22.9 Å². The maximum Gasteiger partial charge on any atom is 0.233 e. The summed E-state index contributed by atoms with van der Waals surface area (Å²) >= 11 is 0. The number of hydrogen-bond donors (Lipinski definition) is 3. The lowest BCUT2D eigenvalue weighted by Gasteiger charge is -2.30. The van der Waals surface area contributed by atoms with Crippen molar-refractivity contribution in [3.63, 3.8) is 0 Å². The average molecular weight is 751 g/mol. The highest BCUT2D eigenvalue weighted by Crippen LogP contribution is 2.35. The predicted molar refractivity (Wildman–Crippen MR) is 212 cm³/mol. The molecule has 53 heavy (non-hydrogen) atoms. The van der Waals surface area contributed by atoms with Crippen LogP contribution in [0.2, 0.25) is 0 Å². The molecule has 3 N–H and O–H groups in total. The number of rotatable bonds is 30. The van der Waals surface area contributed by atoms with Crippen molar-refractivity contribution in [3.05, 3.63) is 0 Å². The Morgan fingerprint density at radius 2 is 1.26 bits per heavy atom. The summed E-state index contributed by atoms with van der Waals surface area (Å²) in [5.41, 5.74) is -1.22. The highest BCUT2D eigenvalue weighted by molar-refractivity contribution is 6.04. The molecule has 0 bridgehead atoms. The third-order valence-corrected chi connectivity index (χ3v) is 10.2. The molecule has 0 aromatic rings. The van der Waals surface area contributed by atoms with Crippen LogP contribution in [0, 0.1) is 11.3 Å². The Labute approximate surface area is 322 Å². The standard InChI is InChI=1S/C42H78N4O7/c1-10-11-12-13-14-15-16-17-18-22-37(49)45-33(2)21-19-20-27-43-36(48)24-30-52-42(8,9)26-31-53-41(6,7)25-28-44-35(47)23-29-46-38(50)32-34(39(46)51)40(3,4)5/h33-34H,10-32H2,1-9H3,(H,43,48)(H,44,47)(H,45,49). The smallest absolute Gasteiger partial charge is 0.233 e. The van der Waals surface area contributed by atoms with Crippen molar-refractivity contribution in [1.82, 2.24) is 20.9 Å². The highest BCUT2D eigenvalue weighted by Gasteiger charge is 2.44. The molecule has 5 amide bonds. The maximum atomic E-state index is 12.7. The summed E-state index contributed by atoms with van der Waals surface area (Å²) in [6.45, 7) is 20.0. The van der Waals surface area contributed by atoms with Crippen molar-refractivity contribution in [2.24, 2.45) is 11.3 Å². The molecule has 308 valence electrons. The van der Waals surface area contributed by atoms with Crippen LogP contribution in [0.15, 0.2) is 0 Å². The zero-order chi connectivity index (χ0) is 39.9. The van der Waals surface area contributed by atoms with Gasteiger partial charge >= 0.3 is 0 Å². The Balaban J connectivity index is 2.10. The lowest BCUT2D eigenvalue weighted by Crippen LogP contribution is -2.38. The molecule has 1 saturated heterocycles. The van der Waals surface area contributed by atoms with E-state index in [1.807, 2.05) is 55.4 Å². The average Bonchev–Trinajstić information content (AvgIpc) is 3.35. The Morgan fingerprint density at radius 3 is 1.89 bits per heavy atom. The molecule has 1 rings (SSSR count). The summed E-state index contributed by atoms with van der Waals surface area (Å²) in [6.07, 6.45) is 16.4. The second kappa shape index (κ2) is 25.5. The first kappa shape index (κ1) is 48.5. The number of carbonyl (C=O) groups excluding carboxylic acids is 5. The number of carbonyl (C=O) groups is 5. The molecule has 1 aliphatic heterocycles. The lowest BCUT2D eigenvalue weighted by atomic mass is 9.80. The Bertz CT molecular complexity index is 1100. The van der Waals surface area contributed by atoms with Gasteiger partial charge in [-0.1, -0.05) is 79.1 Å². The summed E-state index contributed by atoms with van der Waals surface area (Å²) in [5, 5.41) is 8.97. The number of amides is 5. The van der Waals surface area contributed by atoms with E-state index < -0.39 is 11.2 Å². The number of unbranched alkanes of at least 4 members (excludes halogenated alkanes) is 9. The second-order valence-corrected chi connectivity index (χ2v) is 17.5. The molecule has 11 nitrogen and oxygen atoms in total. The Hall–Kier alpha value is -2.53. The van der Waals surface area contributed by atoms with E-state index in [1.165, 1.54) is 49.8 Å². The van der Waals surface area contributed by atoms with Gasteiger partial charge in [-0.3, -0.25) is 28.9 Å². The van der Waals surface area contributed by atoms with Crippen molar-refractivity contribution in [2.75, 3.05) is 32.8 Å². The molecule has 0 aromatic carbocycles. The van der Waals surface area contributed by atoms with Crippen molar-refractivity contribution in [1.29, 1.82) is 0 Å². The second-order valence-electron chi connectivity index (χ2n) is 17.5. The molecule has 2 unspecified atom stereocenters. The van der Waals surface area contributed by atoms with E-state index in [-0.39, 0.29) is 72.7 Å². The van der Waals surface area contributed by atoms with Crippen LogP contribution in [0.4, 0.5) is 0 Å². The van der Waals surface area contributed by atoms with E-state index in [0.717, 1.165) is 32.1 Å². The topological polar surface area (TPSA) is 143 Å². The first-order valence-electron chi connectivity index (χ1n) is 20.8. The molecule has 1 aliphatic rings. The van der Waals surface area contributed by atoms with Crippen molar-refractivity contribution < 1.29 is 33.4 Å². The van der Waals surface area contributed by atoms with Gasteiger partial charge in [0.1, 0.15) is 0 Å². The van der Waals surface area contributed by atoms with Gasteiger partial charge in [0, 0.05) is 51.4 Å². The fourth-order valence-electron chi connectivity index (χ4n) is 6.44. The van der Waals surface area contributed by atoms with Gasteiger partial charge in [0.05, 0.1) is 30.3 Å². The lowest BCUT2D eigenvalue weighted by molar-refractivity contribution is -0.140. The van der Waals surface area contributed by atoms with E-state index in [4.69, 9.17) is 9.47 Å². The summed E-state index contributed by atoms with van der Waals surface area (Å²) < 4.78 is 12.1. The first-order valence-corrected chi connectivity index (χ1v) is 20.8. The maximum absolute atomic E-state index is 12.7. The molecule has 1 fully saturated rings. The van der Waals surface area contributed by atoms with Gasteiger partial charge in [-0.25, -0.2) is 0 Å². The summed E-state index contributed by atoms with van der Waals surface area (Å²) in [5.74, 6) is -0.818. The zero-order valence-electron chi connectivity index (χ0n) is 35.2. The van der Waals surface area contributed by atoms with E-state index >= 15 is 0 Å². The number of likely N-dealkylation sites (tertiary alicyclic amines) is 1. The molecular weight excluding hydrogens is 672 g/mol. The zero-order valence-corrected chi connectivity index (χ0v) is 35.2. The van der Waals surface area contributed by atoms with Crippen LogP contribution in [-0.2, 0) is 33.4 Å². The van der Waals surface area contributed by atoms with E-state index in [1.54, 1.807) is 0 Å². The van der Waals surface area contributed by atoms with Crippen molar-refractivity contribution in [3.8, 4) is 0 Å². The third kappa shape index (κ3) is 23.1. The van der Waals surface area contributed by atoms with Crippen LogP contribution in [0.1, 0.15) is 178 Å². The number of imide groups is 1. The molecule has 0 saturated carbocycles. The molecule has 0 spiro atoms. The molecule has 11 heteroatoms. The summed E-state index contributed by atoms with van der Waals surface area (Å²) in [7, 11) is 0. The van der Waals surface area contributed by atoms with Crippen LogP contribution in [0.25, 0.3) is 0 Å². The molecule has 1 heterocycles. The number of nitrogens with one attached hydrogen (secondary N) is 3. The number of ether oxygens (including phenoxy) is 2. The van der Waals surface area contributed by atoms with E-state index in [9.17, 15) is 24.0 Å². The minimum atomic E-state index is -0.472. The van der Waals surface area contributed by atoms with Gasteiger partial charge in [-0.2, -0.15) is 0 Å². The van der Waals surface area contributed by atoms with Crippen LogP contribution >= 0.6 is 0 Å². The Kier molecular flexibility index (Phi) is 23.4. The van der Waals surface area contributed by atoms with Gasteiger partial charge in [0.2, 0.25) is 29.5 Å². The minimum absolute atomic E-state index is 0.0322. The first-order chi connectivity index (χ1) is 24.9. The predicted octanol–water partition coefficient (Wildman–Crippen LogP) is 7.39. The Morgan fingerprint density at radius 1 is 0.698 bits per heavy atom. The van der Waals surface area contributed by atoms with E-state index in [0.29, 0.717) is 45.6 Å². The van der Waals surface area contributed by atoms with Crippen LogP contribution in [0.5, 0.6) is 0 Å². The molecule has 2 atom stereocenters. The quantitative estimate of drug-likeness (QED) is 0.0514. The highest BCUT2D eigenvalue weighted by atomic mass is 16.5. The van der Waals surface area contributed by atoms with Crippen LogP contribution < -0.4 is 16.0 Å². The van der Waals surface area contributed by atoms with Crippen molar-refractivity contribution in [2.45, 2.75) is 195 Å². The number of nitrogens with zero attached hydrogens (tertiary/aromatic N) is 1. The van der Waals surface area contributed by atoms with Crippen molar-refractivity contribution >= 4 is 29.5 Å². The molecule has 0 aliphatic carbocycles. The van der Waals surface area contributed by atoms with Gasteiger partial charge in [-0.05, 0) is 78.6 Å². The monoisotopic (exact) mass is 751 g/mol. The third-order valence-electron chi connectivity index (χ3n) is 10.2. The molecule has 0 radical (unpaired) electrons. The minimum Gasteiger partial charge on any atom is -0.375 e. The molecule has 0 aromatic heterocycles. The SMILES string of the molecule is CCCCCCCCCCCC(=O)NC(C)CCCCNC(=O)CCOC(C)(C)CCOC(C)(C)CCNC(=O)CCN1C(=O)CC(C(C)(C)C)C1=O. The van der Waals surface area contributed by atoms with Gasteiger partial charge in [0.25, 0.3) is 0 Å². The van der Waals surface area contributed by atoms with Gasteiger partial charge < -0.3 is 25.4 Å². The normalized spacial score (nSPS) is 15.9. The van der Waals surface area contributed by atoms with Crippen LogP contribution in [-0.4, -0.2) is 84.5 Å². The number of hydrogen-bond acceptors (Lipinski definition) is 7. The molecular formula is C42H78N4O7. The summed E-state index contributed by atoms with van der Waals surface area (Å²) in [6, 6.07) is 0.141. The van der Waals surface area contributed by atoms with Crippen LogP contribution in [0.3, 0.4) is 0 Å². The van der Waals surface area contributed by atoms with Gasteiger partial charge in [0.15, 0.2) is 0 Å². The fourth-order valence-corrected chi connectivity index (χ4v) is 6.44. The fraction of sp³-hybridized carbons (Fsp3) is 0.881. The largest absolute Gasteiger partial charge is 0.375 e.